The first-order chi connectivity index (χ1) is 10.4. The summed E-state index contributed by atoms with van der Waals surface area (Å²) in [5.41, 5.74) is 0. The van der Waals surface area contributed by atoms with Gasteiger partial charge in [0, 0.05) is 6.54 Å². The first kappa shape index (κ1) is 13.8. The minimum atomic E-state index is 0.613. The molecule has 3 rings (SSSR count). The highest BCUT2D eigenvalue weighted by molar-refractivity contribution is 7.98. The molecule has 0 saturated heterocycles. The lowest BCUT2D eigenvalue weighted by atomic mass is 10.4. The molecule has 3 aromatic heterocycles. The van der Waals surface area contributed by atoms with Crippen molar-refractivity contribution in [2.45, 2.75) is 37.3 Å². The van der Waals surface area contributed by atoms with Crippen LogP contribution in [0.2, 0.25) is 0 Å². The highest BCUT2D eigenvalue weighted by Crippen LogP contribution is 2.20. The van der Waals surface area contributed by atoms with Crippen LogP contribution in [0.4, 0.5) is 0 Å². The average Bonchev–Trinajstić information content (AvgIpc) is 3.20. The summed E-state index contributed by atoms with van der Waals surface area (Å²) in [5.74, 6) is 2.37. The summed E-state index contributed by atoms with van der Waals surface area (Å²) in [6.07, 6.45) is 4.35. The zero-order valence-corrected chi connectivity index (χ0v) is 12.4. The quantitative estimate of drug-likeness (QED) is 0.613. The van der Waals surface area contributed by atoms with Gasteiger partial charge >= 0.3 is 0 Å². The van der Waals surface area contributed by atoms with Crippen molar-refractivity contribution in [2.24, 2.45) is 0 Å². The molecule has 0 aliphatic heterocycles. The Hall–Kier alpha value is -2.16. The summed E-state index contributed by atoms with van der Waals surface area (Å²) in [6, 6.07) is 3.79. The molecule has 0 aliphatic carbocycles. The van der Waals surface area contributed by atoms with Crippen molar-refractivity contribution in [3.63, 3.8) is 0 Å². The second-order valence-corrected chi connectivity index (χ2v) is 5.37. The van der Waals surface area contributed by atoms with Crippen LogP contribution in [0.25, 0.3) is 0 Å². The average molecular weight is 305 g/mol. The lowest BCUT2D eigenvalue weighted by molar-refractivity contribution is 0.484. The standard InChI is InChI=1S/C12H15N7OS/c1-2-5-19-11(14-16-17-19)8-21-12-15-13-9-18(12)7-10-4-3-6-20-10/h3-4,6,9H,2,5,7-8H2,1H3. The first-order valence-corrected chi connectivity index (χ1v) is 7.63. The number of hydrogen-bond donors (Lipinski definition) is 0. The minimum absolute atomic E-state index is 0.613. The molecule has 0 atom stereocenters. The number of aryl methyl sites for hydroxylation is 1. The van der Waals surface area contributed by atoms with E-state index in [9.17, 15) is 0 Å². The largest absolute Gasteiger partial charge is 0.467 e. The van der Waals surface area contributed by atoms with Crippen LogP contribution >= 0.6 is 11.8 Å². The smallest absolute Gasteiger partial charge is 0.191 e. The molecular weight excluding hydrogens is 290 g/mol. The third-order valence-corrected chi connectivity index (χ3v) is 3.84. The maximum Gasteiger partial charge on any atom is 0.191 e. The van der Waals surface area contributed by atoms with E-state index in [0.29, 0.717) is 12.3 Å². The lowest BCUT2D eigenvalue weighted by Crippen LogP contribution is -2.05. The number of furan rings is 1. The molecule has 0 aliphatic rings. The van der Waals surface area contributed by atoms with Gasteiger partial charge in [-0.25, -0.2) is 4.68 Å². The summed E-state index contributed by atoms with van der Waals surface area (Å²) in [5, 5.41) is 20.6. The minimum Gasteiger partial charge on any atom is -0.467 e. The molecule has 9 heteroatoms. The van der Waals surface area contributed by atoms with E-state index in [4.69, 9.17) is 4.42 Å². The molecule has 0 N–H and O–H groups in total. The Morgan fingerprint density at radius 2 is 2.29 bits per heavy atom. The van der Waals surface area contributed by atoms with Gasteiger partial charge in [0.15, 0.2) is 11.0 Å². The van der Waals surface area contributed by atoms with Crippen molar-refractivity contribution in [3.8, 4) is 0 Å². The van der Waals surface area contributed by atoms with Gasteiger partial charge in [-0.2, -0.15) is 0 Å². The van der Waals surface area contributed by atoms with Crippen molar-refractivity contribution in [1.29, 1.82) is 0 Å². The van der Waals surface area contributed by atoms with E-state index in [2.05, 4.69) is 32.6 Å². The molecule has 0 fully saturated rings. The molecule has 8 nitrogen and oxygen atoms in total. The molecule has 0 aromatic carbocycles. The van der Waals surface area contributed by atoms with Crippen LogP contribution in [0.1, 0.15) is 24.9 Å². The SMILES string of the molecule is CCCn1nnnc1CSc1nncn1Cc1ccco1. The number of aromatic nitrogens is 7. The van der Waals surface area contributed by atoms with E-state index in [1.54, 1.807) is 24.4 Å². The molecule has 0 radical (unpaired) electrons. The van der Waals surface area contributed by atoms with Gasteiger partial charge in [-0.1, -0.05) is 18.7 Å². The Balaban J connectivity index is 1.65. The second kappa shape index (κ2) is 6.53. The number of rotatable bonds is 7. The van der Waals surface area contributed by atoms with Crippen molar-refractivity contribution >= 4 is 11.8 Å². The van der Waals surface area contributed by atoms with Gasteiger partial charge in [-0.3, -0.25) is 0 Å². The van der Waals surface area contributed by atoms with E-state index >= 15 is 0 Å². The molecule has 0 bridgehead atoms. The van der Waals surface area contributed by atoms with Gasteiger partial charge < -0.3 is 8.98 Å². The highest BCUT2D eigenvalue weighted by Gasteiger charge is 2.11. The van der Waals surface area contributed by atoms with Crippen LogP contribution in [-0.4, -0.2) is 35.0 Å². The number of nitrogens with zero attached hydrogens (tertiary/aromatic N) is 7. The molecule has 0 saturated carbocycles. The molecule has 21 heavy (non-hydrogen) atoms. The van der Waals surface area contributed by atoms with Gasteiger partial charge in [-0.15, -0.1) is 15.3 Å². The van der Waals surface area contributed by atoms with Crippen molar-refractivity contribution in [1.82, 2.24) is 35.0 Å². The molecule has 110 valence electrons. The van der Waals surface area contributed by atoms with Crippen LogP contribution in [-0.2, 0) is 18.8 Å². The summed E-state index contributed by atoms with van der Waals surface area (Å²) < 4.78 is 9.10. The van der Waals surface area contributed by atoms with E-state index in [-0.39, 0.29) is 0 Å². The van der Waals surface area contributed by atoms with E-state index < -0.39 is 0 Å². The molecule has 3 heterocycles. The normalized spacial score (nSPS) is 11.1. The fraction of sp³-hybridized carbons (Fsp3) is 0.417. The van der Waals surface area contributed by atoms with E-state index in [1.165, 1.54) is 0 Å². The summed E-state index contributed by atoms with van der Waals surface area (Å²) in [4.78, 5) is 0. The van der Waals surface area contributed by atoms with Crippen LogP contribution in [0.5, 0.6) is 0 Å². The highest BCUT2D eigenvalue weighted by atomic mass is 32.2. The monoisotopic (exact) mass is 305 g/mol. The molecule has 0 amide bonds. The topological polar surface area (TPSA) is 87.5 Å². The molecule has 0 spiro atoms. The van der Waals surface area contributed by atoms with Crippen LogP contribution in [0.3, 0.4) is 0 Å². The van der Waals surface area contributed by atoms with E-state index in [1.807, 2.05) is 21.4 Å². The van der Waals surface area contributed by atoms with Gasteiger partial charge in [0.25, 0.3) is 0 Å². The van der Waals surface area contributed by atoms with Gasteiger partial charge in [0.1, 0.15) is 12.1 Å². The van der Waals surface area contributed by atoms with Gasteiger partial charge in [-0.05, 0) is 29.0 Å². The predicted molar refractivity (Wildman–Crippen MR) is 75.5 cm³/mol. The first-order valence-electron chi connectivity index (χ1n) is 6.65. The third kappa shape index (κ3) is 3.30. The number of thioether (sulfide) groups is 1. The predicted octanol–water partition coefficient (Wildman–Crippen LogP) is 1.61. The Morgan fingerprint density at radius 1 is 1.33 bits per heavy atom. The number of tetrazole rings is 1. The fourth-order valence-corrected chi connectivity index (χ4v) is 2.72. The third-order valence-electron chi connectivity index (χ3n) is 2.86. The van der Waals surface area contributed by atoms with E-state index in [0.717, 1.165) is 29.7 Å². The summed E-state index contributed by atoms with van der Waals surface area (Å²) in [6.45, 7) is 3.53. The Labute approximate surface area is 125 Å². The maximum absolute atomic E-state index is 5.34. The maximum atomic E-state index is 5.34. The summed E-state index contributed by atoms with van der Waals surface area (Å²) >= 11 is 1.56. The van der Waals surface area contributed by atoms with Crippen molar-refractivity contribution < 1.29 is 4.42 Å². The fourth-order valence-electron chi connectivity index (χ4n) is 1.88. The lowest BCUT2D eigenvalue weighted by Gasteiger charge is -2.04. The summed E-state index contributed by atoms with van der Waals surface area (Å²) in [7, 11) is 0. The van der Waals surface area contributed by atoms with Gasteiger partial charge in [0.2, 0.25) is 0 Å². The second-order valence-electron chi connectivity index (χ2n) is 4.43. The number of hydrogen-bond acceptors (Lipinski definition) is 7. The Bertz CT molecular complexity index is 675. The van der Waals surface area contributed by atoms with Crippen LogP contribution in [0, 0.1) is 0 Å². The van der Waals surface area contributed by atoms with Crippen LogP contribution < -0.4 is 0 Å². The van der Waals surface area contributed by atoms with Crippen molar-refractivity contribution in [3.05, 3.63) is 36.3 Å². The molecular formula is C12H15N7OS. The molecule has 3 aromatic rings. The zero-order valence-electron chi connectivity index (χ0n) is 11.6. The molecule has 0 unspecified atom stereocenters. The van der Waals surface area contributed by atoms with Crippen molar-refractivity contribution in [2.75, 3.05) is 0 Å². The zero-order chi connectivity index (χ0) is 14.5. The van der Waals surface area contributed by atoms with Gasteiger partial charge in [0.05, 0.1) is 18.6 Å². The van der Waals surface area contributed by atoms with Crippen LogP contribution in [0.15, 0.2) is 34.3 Å². The Morgan fingerprint density at radius 3 is 3.10 bits per heavy atom. The Kier molecular flexibility index (Phi) is 4.29.